The van der Waals surface area contributed by atoms with Gasteiger partial charge in [0.2, 0.25) is 0 Å². The van der Waals surface area contributed by atoms with Crippen molar-refractivity contribution in [1.82, 2.24) is 15.0 Å². The molecule has 1 N–H and O–H groups in total. The van der Waals surface area contributed by atoms with Gasteiger partial charge in [-0.05, 0) is 12.8 Å². The Hall–Kier alpha value is -1.39. The first-order chi connectivity index (χ1) is 7.63. The largest absolute Gasteiger partial charge is 0.481 e. The van der Waals surface area contributed by atoms with E-state index in [0.717, 1.165) is 18.5 Å². The van der Waals surface area contributed by atoms with Gasteiger partial charge in [-0.25, -0.2) is 0 Å². The highest BCUT2D eigenvalue weighted by atomic mass is 16.4. The average molecular weight is 225 g/mol. The first-order valence-electron chi connectivity index (χ1n) is 5.75. The molecule has 0 spiro atoms. The van der Waals surface area contributed by atoms with E-state index < -0.39 is 5.97 Å². The van der Waals surface area contributed by atoms with Gasteiger partial charge in [0.1, 0.15) is 0 Å². The standard InChI is InChI=1S/C11H19N3O2/c1-3-5-9(2)10-8-14(13-12-10)7-4-6-11(15)16/h8-9H,3-7H2,1-2H3,(H,15,16). The minimum absolute atomic E-state index is 0.180. The Kier molecular flexibility index (Phi) is 4.95. The van der Waals surface area contributed by atoms with Gasteiger partial charge in [0.25, 0.3) is 0 Å². The Bertz CT molecular complexity index is 336. The van der Waals surface area contributed by atoms with E-state index in [1.807, 2.05) is 6.20 Å². The van der Waals surface area contributed by atoms with Gasteiger partial charge in [-0.1, -0.05) is 25.5 Å². The summed E-state index contributed by atoms with van der Waals surface area (Å²) in [5.74, 6) is -0.335. The van der Waals surface area contributed by atoms with Gasteiger partial charge in [-0.15, -0.1) is 5.10 Å². The van der Waals surface area contributed by atoms with Crippen LogP contribution in [-0.4, -0.2) is 26.1 Å². The molecule has 5 heteroatoms. The molecule has 1 heterocycles. The average Bonchev–Trinajstić information content (AvgIpc) is 2.66. The van der Waals surface area contributed by atoms with Crippen molar-refractivity contribution in [2.75, 3.05) is 0 Å². The maximum absolute atomic E-state index is 10.3. The summed E-state index contributed by atoms with van der Waals surface area (Å²) < 4.78 is 1.73. The molecule has 0 radical (unpaired) electrons. The smallest absolute Gasteiger partial charge is 0.303 e. The fourth-order valence-electron chi connectivity index (χ4n) is 1.62. The van der Waals surface area contributed by atoms with Crippen LogP contribution in [0.15, 0.2) is 6.20 Å². The molecule has 5 nitrogen and oxygen atoms in total. The van der Waals surface area contributed by atoms with Crippen molar-refractivity contribution in [3.63, 3.8) is 0 Å². The van der Waals surface area contributed by atoms with Crippen molar-refractivity contribution in [2.45, 2.75) is 52.0 Å². The lowest BCUT2D eigenvalue weighted by Crippen LogP contribution is -2.02. The van der Waals surface area contributed by atoms with Gasteiger partial charge < -0.3 is 5.11 Å². The molecule has 0 saturated heterocycles. The summed E-state index contributed by atoms with van der Waals surface area (Å²) in [5, 5.41) is 16.6. The number of rotatable bonds is 7. The van der Waals surface area contributed by atoms with Crippen LogP contribution in [0.2, 0.25) is 0 Å². The third-order valence-corrected chi connectivity index (χ3v) is 2.56. The molecule has 16 heavy (non-hydrogen) atoms. The molecule has 0 fully saturated rings. The summed E-state index contributed by atoms with van der Waals surface area (Å²) in [7, 11) is 0. The molecule has 90 valence electrons. The van der Waals surface area contributed by atoms with Crippen molar-refractivity contribution >= 4 is 5.97 Å². The monoisotopic (exact) mass is 225 g/mol. The van der Waals surface area contributed by atoms with E-state index in [4.69, 9.17) is 5.11 Å². The first kappa shape index (κ1) is 12.7. The summed E-state index contributed by atoms with van der Waals surface area (Å²) in [4.78, 5) is 10.3. The quantitative estimate of drug-likeness (QED) is 0.771. The van der Waals surface area contributed by atoms with Crippen LogP contribution in [0.1, 0.15) is 51.1 Å². The van der Waals surface area contributed by atoms with Crippen LogP contribution in [0.3, 0.4) is 0 Å². The summed E-state index contributed by atoms with van der Waals surface area (Å²) in [6.07, 6.45) is 4.93. The molecule has 1 aromatic heterocycles. The van der Waals surface area contributed by atoms with Crippen molar-refractivity contribution in [3.8, 4) is 0 Å². The Morgan fingerprint density at radius 1 is 1.62 bits per heavy atom. The lowest BCUT2D eigenvalue weighted by atomic mass is 10.0. The third-order valence-electron chi connectivity index (χ3n) is 2.56. The number of carbonyl (C=O) groups is 1. The van der Waals surface area contributed by atoms with E-state index >= 15 is 0 Å². The second kappa shape index (κ2) is 6.25. The number of carboxylic acids is 1. The highest BCUT2D eigenvalue weighted by Crippen LogP contribution is 2.17. The van der Waals surface area contributed by atoms with Crippen LogP contribution in [-0.2, 0) is 11.3 Å². The van der Waals surface area contributed by atoms with Crippen molar-refractivity contribution in [1.29, 1.82) is 0 Å². The van der Waals surface area contributed by atoms with Gasteiger partial charge in [-0.3, -0.25) is 9.48 Å². The zero-order valence-corrected chi connectivity index (χ0v) is 9.89. The van der Waals surface area contributed by atoms with Gasteiger partial charge in [0, 0.05) is 25.1 Å². The van der Waals surface area contributed by atoms with Crippen LogP contribution in [0.5, 0.6) is 0 Å². The molecule has 0 aliphatic carbocycles. The van der Waals surface area contributed by atoms with Crippen molar-refractivity contribution in [3.05, 3.63) is 11.9 Å². The summed E-state index contributed by atoms with van der Waals surface area (Å²) >= 11 is 0. The fraction of sp³-hybridized carbons (Fsp3) is 0.727. The summed E-state index contributed by atoms with van der Waals surface area (Å²) in [6, 6.07) is 0. The van der Waals surface area contributed by atoms with E-state index in [2.05, 4.69) is 24.2 Å². The van der Waals surface area contributed by atoms with Crippen molar-refractivity contribution in [2.24, 2.45) is 0 Å². The topological polar surface area (TPSA) is 68.0 Å². The minimum atomic E-state index is -0.764. The number of carboxylic acid groups (broad SMARTS) is 1. The predicted molar refractivity (Wildman–Crippen MR) is 60.2 cm³/mol. The molecular formula is C11H19N3O2. The van der Waals surface area contributed by atoms with E-state index in [0.29, 0.717) is 18.9 Å². The number of aromatic nitrogens is 3. The third kappa shape index (κ3) is 4.00. The normalized spacial score (nSPS) is 12.6. The molecule has 0 bridgehead atoms. The Morgan fingerprint density at radius 3 is 3.00 bits per heavy atom. The van der Waals surface area contributed by atoms with Gasteiger partial charge in [0.15, 0.2) is 0 Å². The SMILES string of the molecule is CCCC(C)c1cn(CCCC(=O)O)nn1. The van der Waals surface area contributed by atoms with E-state index in [9.17, 15) is 4.79 Å². The van der Waals surface area contributed by atoms with E-state index in [1.165, 1.54) is 0 Å². The van der Waals surface area contributed by atoms with Crippen molar-refractivity contribution < 1.29 is 9.90 Å². The molecule has 1 unspecified atom stereocenters. The molecular weight excluding hydrogens is 206 g/mol. The molecule has 1 aromatic rings. The van der Waals surface area contributed by atoms with Crippen LogP contribution in [0.25, 0.3) is 0 Å². The molecule has 0 saturated carbocycles. The molecule has 0 amide bonds. The van der Waals surface area contributed by atoms with Crippen LogP contribution >= 0.6 is 0 Å². The number of nitrogens with zero attached hydrogens (tertiary/aromatic N) is 3. The maximum atomic E-state index is 10.3. The Morgan fingerprint density at radius 2 is 2.38 bits per heavy atom. The van der Waals surface area contributed by atoms with E-state index in [1.54, 1.807) is 4.68 Å². The number of aliphatic carboxylic acids is 1. The lowest BCUT2D eigenvalue weighted by Gasteiger charge is -2.03. The fourth-order valence-corrected chi connectivity index (χ4v) is 1.62. The lowest BCUT2D eigenvalue weighted by molar-refractivity contribution is -0.137. The molecule has 0 aromatic carbocycles. The Labute approximate surface area is 95.5 Å². The molecule has 1 rings (SSSR count). The van der Waals surface area contributed by atoms with Gasteiger partial charge in [-0.2, -0.15) is 0 Å². The highest BCUT2D eigenvalue weighted by molar-refractivity contribution is 5.66. The predicted octanol–water partition coefficient (Wildman–Crippen LogP) is 2.05. The zero-order valence-electron chi connectivity index (χ0n) is 9.89. The second-order valence-electron chi connectivity index (χ2n) is 4.09. The van der Waals surface area contributed by atoms with Crippen LogP contribution in [0.4, 0.5) is 0 Å². The van der Waals surface area contributed by atoms with Gasteiger partial charge in [0.05, 0.1) is 5.69 Å². The van der Waals surface area contributed by atoms with Crippen LogP contribution in [0, 0.1) is 0 Å². The molecule has 0 aliphatic heterocycles. The second-order valence-corrected chi connectivity index (χ2v) is 4.09. The summed E-state index contributed by atoms with van der Waals surface area (Å²) in [6.45, 7) is 4.90. The maximum Gasteiger partial charge on any atom is 0.303 e. The van der Waals surface area contributed by atoms with E-state index in [-0.39, 0.29) is 6.42 Å². The minimum Gasteiger partial charge on any atom is -0.481 e. The highest BCUT2D eigenvalue weighted by Gasteiger charge is 2.09. The molecule has 1 atom stereocenters. The number of aryl methyl sites for hydroxylation is 1. The first-order valence-corrected chi connectivity index (χ1v) is 5.75. The van der Waals surface area contributed by atoms with Gasteiger partial charge >= 0.3 is 5.97 Å². The Balaban J connectivity index is 2.41. The number of hydrogen-bond acceptors (Lipinski definition) is 3. The van der Waals surface area contributed by atoms with Crippen LogP contribution < -0.4 is 0 Å². The summed E-state index contributed by atoms with van der Waals surface area (Å²) in [5.41, 5.74) is 0.997. The zero-order chi connectivity index (χ0) is 12.0. The number of hydrogen-bond donors (Lipinski definition) is 1. The molecule has 0 aliphatic rings.